The summed E-state index contributed by atoms with van der Waals surface area (Å²) in [6.45, 7) is 0. The van der Waals surface area contributed by atoms with E-state index >= 15 is 0 Å². The fourth-order valence-corrected chi connectivity index (χ4v) is 2.69. The molecule has 0 fully saturated rings. The highest BCUT2D eigenvalue weighted by Crippen LogP contribution is 2.20. The summed E-state index contributed by atoms with van der Waals surface area (Å²) in [5.41, 5.74) is 2.85. The van der Waals surface area contributed by atoms with Gasteiger partial charge >= 0.3 is 0 Å². The van der Waals surface area contributed by atoms with Crippen LogP contribution in [0.1, 0.15) is 33.6 Å². The molecule has 1 unspecified atom stereocenters. The molecule has 4 nitrogen and oxygen atoms in total. The number of aryl methyl sites for hydroxylation is 1. The van der Waals surface area contributed by atoms with E-state index in [0.717, 1.165) is 11.3 Å². The zero-order valence-corrected chi connectivity index (χ0v) is 13.6. The minimum absolute atomic E-state index is 0.134. The van der Waals surface area contributed by atoms with Gasteiger partial charge in [0.05, 0.1) is 11.7 Å². The van der Waals surface area contributed by atoms with Crippen LogP contribution in [0.4, 0.5) is 0 Å². The molecule has 1 heterocycles. The molecule has 120 valence electrons. The molecule has 0 saturated carbocycles. The summed E-state index contributed by atoms with van der Waals surface area (Å²) in [5.74, 6) is 5.44. The number of benzene rings is 1. The first-order chi connectivity index (χ1) is 11.7. The minimum atomic E-state index is -0.539. The first-order valence-electron chi connectivity index (χ1n) is 7.63. The van der Waals surface area contributed by atoms with Crippen LogP contribution in [0.25, 0.3) is 0 Å². The van der Waals surface area contributed by atoms with Gasteiger partial charge in [0, 0.05) is 22.9 Å². The Bertz CT molecular complexity index is 837. The lowest BCUT2D eigenvalue weighted by Gasteiger charge is -2.23. The summed E-state index contributed by atoms with van der Waals surface area (Å²) in [4.78, 5) is 28.3. The van der Waals surface area contributed by atoms with Gasteiger partial charge in [-0.05, 0) is 31.0 Å². The van der Waals surface area contributed by atoms with Gasteiger partial charge in [0.15, 0.2) is 5.78 Å². The number of amides is 1. The van der Waals surface area contributed by atoms with E-state index in [1.54, 1.807) is 12.3 Å². The quantitative estimate of drug-likeness (QED) is 0.675. The third kappa shape index (κ3) is 3.64. The smallest absolute Gasteiger partial charge is 0.235 e. The number of ketones is 1. The predicted octanol–water partition coefficient (Wildman–Crippen LogP) is 2.33. The Morgan fingerprint density at radius 3 is 2.75 bits per heavy atom. The Kier molecular flexibility index (Phi) is 4.93. The minimum Gasteiger partial charge on any atom is -0.345 e. The summed E-state index contributed by atoms with van der Waals surface area (Å²) in [6.07, 6.45) is 2.86. The maximum Gasteiger partial charge on any atom is 0.235 e. The molecule has 1 aromatic heterocycles. The maximum atomic E-state index is 12.5. The van der Waals surface area contributed by atoms with Crippen LogP contribution < -0.4 is 5.32 Å². The zero-order chi connectivity index (χ0) is 16.9. The number of alkyl halides is 1. The van der Waals surface area contributed by atoms with Gasteiger partial charge in [0.2, 0.25) is 5.91 Å². The number of hydrogen-bond acceptors (Lipinski definition) is 3. The second kappa shape index (κ2) is 7.29. The highest BCUT2D eigenvalue weighted by Gasteiger charge is 2.29. The SMILES string of the molecule is O=C(CCl)NC1CCc2ncc(C#Cc3ccccc3)cc2C1=O. The number of aromatic nitrogens is 1. The van der Waals surface area contributed by atoms with Gasteiger partial charge in [0.25, 0.3) is 0 Å². The molecular weight excluding hydrogens is 324 g/mol. The van der Waals surface area contributed by atoms with Crippen molar-refractivity contribution in [1.29, 1.82) is 0 Å². The largest absolute Gasteiger partial charge is 0.345 e. The van der Waals surface area contributed by atoms with Crippen LogP contribution in [-0.4, -0.2) is 28.6 Å². The Labute approximate surface area is 145 Å². The molecule has 1 aliphatic carbocycles. The number of Topliss-reactive ketones (excluding diaryl/α,β-unsaturated/α-hetero) is 1. The van der Waals surface area contributed by atoms with Crippen molar-refractivity contribution in [2.75, 3.05) is 5.88 Å². The molecule has 0 spiro atoms. The van der Waals surface area contributed by atoms with Crippen LogP contribution >= 0.6 is 11.6 Å². The molecule has 0 aliphatic heterocycles. The third-order valence-electron chi connectivity index (χ3n) is 3.80. The molecule has 0 bridgehead atoms. The summed E-state index contributed by atoms with van der Waals surface area (Å²) in [5, 5.41) is 2.65. The summed E-state index contributed by atoms with van der Waals surface area (Å²) < 4.78 is 0. The number of halogens is 1. The number of pyridine rings is 1. The molecule has 0 saturated heterocycles. The number of hydrogen-bond donors (Lipinski definition) is 1. The second-order valence-electron chi connectivity index (χ2n) is 5.49. The average molecular weight is 339 g/mol. The number of fused-ring (bicyclic) bond motifs is 1. The standard InChI is InChI=1S/C19H15ClN2O2/c20-11-18(23)22-17-9-8-16-15(19(17)24)10-14(12-21-16)7-6-13-4-2-1-3-5-13/h1-5,10,12,17H,8-9,11H2,(H,22,23). The van der Waals surface area contributed by atoms with Crippen molar-refractivity contribution in [3.8, 4) is 11.8 Å². The second-order valence-corrected chi connectivity index (χ2v) is 5.76. The molecule has 0 radical (unpaired) electrons. The molecule has 2 aromatic rings. The summed E-state index contributed by atoms with van der Waals surface area (Å²) >= 11 is 5.49. The maximum absolute atomic E-state index is 12.5. The van der Waals surface area contributed by atoms with E-state index in [2.05, 4.69) is 22.1 Å². The van der Waals surface area contributed by atoms with Crippen molar-refractivity contribution in [2.24, 2.45) is 0 Å². The molecule has 24 heavy (non-hydrogen) atoms. The number of nitrogens with zero attached hydrogens (tertiary/aromatic N) is 1. The molecular formula is C19H15ClN2O2. The zero-order valence-electron chi connectivity index (χ0n) is 12.9. The van der Waals surface area contributed by atoms with E-state index in [4.69, 9.17) is 11.6 Å². The average Bonchev–Trinajstić information content (AvgIpc) is 2.63. The number of carbonyl (C=O) groups excluding carboxylic acids is 2. The van der Waals surface area contributed by atoms with Crippen LogP contribution in [0.15, 0.2) is 42.6 Å². The fraction of sp³-hybridized carbons (Fsp3) is 0.211. The van der Waals surface area contributed by atoms with Gasteiger partial charge < -0.3 is 5.32 Å². The van der Waals surface area contributed by atoms with Crippen molar-refractivity contribution < 1.29 is 9.59 Å². The van der Waals surface area contributed by atoms with Crippen LogP contribution in [0.2, 0.25) is 0 Å². The number of rotatable bonds is 2. The van der Waals surface area contributed by atoms with E-state index < -0.39 is 6.04 Å². The summed E-state index contributed by atoms with van der Waals surface area (Å²) in [7, 11) is 0. The Morgan fingerprint density at radius 2 is 2.00 bits per heavy atom. The van der Waals surface area contributed by atoms with E-state index in [1.807, 2.05) is 30.3 Å². The Balaban J connectivity index is 1.84. The van der Waals surface area contributed by atoms with Gasteiger partial charge in [-0.25, -0.2) is 0 Å². The normalized spacial score (nSPS) is 15.9. The highest BCUT2D eigenvalue weighted by molar-refractivity contribution is 6.27. The van der Waals surface area contributed by atoms with E-state index in [1.165, 1.54) is 0 Å². The van der Waals surface area contributed by atoms with Gasteiger partial charge in [-0.2, -0.15) is 0 Å². The van der Waals surface area contributed by atoms with Crippen molar-refractivity contribution in [1.82, 2.24) is 10.3 Å². The lowest BCUT2D eigenvalue weighted by atomic mass is 9.89. The Morgan fingerprint density at radius 1 is 1.25 bits per heavy atom. The van der Waals surface area contributed by atoms with Crippen molar-refractivity contribution in [3.63, 3.8) is 0 Å². The van der Waals surface area contributed by atoms with Crippen LogP contribution in [-0.2, 0) is 11.2 Å². The lowest BCUT2D eigenvalue weighted by Crippen LogP contribution is -2.44. The molecule has 3 rings (SSSR count). The Hall–Kier alpha value is -2.64. The highest BCUT2D eigenvalue weighted by atomic mass is 35.5. The first kappa shape index (κ1) is 16.2. The van der Waals surface area contributed by atoms with Gasteiger partial charge in [-0.1, -0.05) is 30.0 Å². The number of carbonyl (C=O) groups is 2. The fourth-order valence-electron chi connectivity index (χ4n) is 2.61. The molecule has 1 amide bonds. The van der Waals surface area contributed by atoms with Gasteiger partial charge in [0.1, 0.15) is 5.88 Å². The van der Waals surface area contributed by atoms with Crippen LogP contribution in [0.3, 0.4) is 0 Å². The molecule has 1 aliphatic rings. The van der Waals surface area contributed by atoms with E-state index in [9.17, 15) is 9.59 Å². The van der Waals surface area contributed by atoms with Crippen molar-refractivity contribution >= 4 is 23.3 Å². The van der Waals surface area contributed by atoms with Gasteiger partial charge in [-0.3, -0.25) is 14.6 Å². The van der Waals surface area contributed by atoms with Crippen molar-refractivity contribution in [2.45, 2.75) is 18.9 Å². The predicted molar refractivity (Wildman–Crippen MR) is 92.0 cm³/mol. The third-order valence-corrected chi connectivity index (χ3v) is 4.05. The topological polar surface area (TPSA) is 59.1 Å². The van der Waals surface area contributed by atoms with Crippen LogP contribution in [0, 0.1) is 11.8 Å². The number of nitrogens with one attached hydrogen (secondary N) is 1. The van der Waals surface area contributed by atoms with Crippen LogP contribution in [0.5, 0.6) is 0 Å². The lowest BCUT2D eigenvalue weighted by molar-refractivity contribution is -0.119. The molecule has 1 atom stereocenters. The molecule has 1 N–H and O–H groups in total. The molecule has 5 heteroatoms. The first-order valence-corrected chi connectivity index (χ1v) is 8.16. The van der Waals surface area contributed by atoms with Gasteiger partial charge in [-0.15, -0.1) is 11.6 Å². The monoisotopic (exact) mass is 338 g/mol. The molecule has 1 aromatic carbocycles. The summed E-state index contributed by atoms with van der Waals surface area (Å²) in [6, 6.07) is 10.8. The van der Waals surface area contributed by atoms with E-state index in [-0.39, 0.29) is 17.6 Å². The van der Waals surface area contributed by atoms with Crippen molar-refractivity contribution in [3.05, 3.63) is 65.0 Å². The van der Waals surface area contributed by atoms with E-state index in [0.29, 0.717) is 24.0 Å².